The van der Waals surface area contributed by atoms with Gasteiger partial charge in [-0.2, -0.15) is 0 Å². The topological polar surface area (TPSA) is 63.9 Å². The molecule has 0 bridgehead atoms. The molecule has 0 spiro atoms. The fraction of sp³-hybridized carbons (Fsp3) is 0.308. The van der Waals surface area contributed by atoms with E-state index in [1.807, 2.05) is 6.92 Å². The molecule has 20 heavy (non-hydrogen) atoms. The van der Waals surface area contributed by atoms with Crippen LogP contribution >= 0.6 is 0 Å². The quantitative estimate of drug-likeness (QED) is 0.907. The Balaban J connectivity index is 2.15. The Morgan fingerprint density at radius 3 is 2.50 bits per heavy atom. The highest BCUT2D eigenvalue weighted by Gasteiger charge is 2.30. The second-order valence-electron chi connectivity index (χ2n) is 4.39. The van der Waals surface area contributed by atoms with E-state index in [0.29, 0.717) is 6.54 Å². The molecule has 3 N–H and O–H groups in total. The number of hydrogen-bond acceptors (Lipinski definition) is 3. The Hall–Kier alpha value is -2.02. The number of aromatic amines is 1. The molecule has 0 saturated carbocycles. The van der Waals surface area contributed by atoms with Crippen LogP contribution in [0.15, 0.2) is 30.5 Å². The van der Waals surface area contributed by atoms with Crippen LogP contribution in [0.3, 0.4) is 0 Å². The van der Waals surface area contributed by atoms with E-state index in [-0.39, 0.29) is 11.7 Å². The number of H-pyrrole nitrogens is 1. The van der Waals surface area contributed by atoms with Gasteiger partial charge in [-0.3, -0.25) is 0 Å². The van der Waals surface area contributed by atoms with Crippen LogP contribution in [-0.4, -0.2) is 22.9 Å². The van der Waals surface area contributed by atoms with Crippen LogP contribution in [0.5, 0.6) is 5.75 Å². The van der Waals surface area contributed by atoms with E-state index < -0.39 is 6.36 Å². The molecular weight excluding hydrogens is 271 g/mol. The SMILES string of the molecule is CC(CN)c1ncc(-c2ccc(OC(F)(F)F)cc2)[nH]1. The molecule has 2 aromatic rings. The Kier molecular flexibility index (Phi) is 3.99. The number of halogens is 3. The van der Waals surface area contributed by atoms with Crippen LogP contribution < -0.4 is 10.5 Å². The van der Waals surface area contributed by atoms with Crippen LogP contribution in [0.2, 0.25) is 0 Å². The van der Waals surface area contributed by atoms with Gasteiger partial charge in [-0.25, -0.2) is 4.98 Å². The van der Waals surface area contributed by atoms with Crippen molar-refractivity contribution in [3.63, 3.8) is 0 Å². The van der Waals surface area contributed by atoms with Crippen molar-refractivity contribution in [2.45, 2.75) is 19.2 Å². The van der Waals surface area contributed by atoms with Crippen LogP contribution in [0, 0.1) is 0 Å². The lowest BCUT2D eigenvalue weighted by Gasteiger charge is -2.08. The Morgan fingerprint density at radius 1 is 1.30 bits per heavy atom. The minimum absolute atomic E-state index is 0.0941. The van der Waals surface area contributed by atoms with Crippen molar-refractivity contribution >= 4 is 0 Å². The summed E-state index contributed by atoms with van der Waals surface area (Å²) in [4.78, 5) is 7.29. The number of benzene rings is 1. The zero-order chi connectivity index (χ0) is 14.8. The van der Waals surface area contributed by atoms with Crippen molar-refractivity contribution in [2.24, 2.45) is 5.73 Å². The summed E-state index contributed by atoms with van der Waals surface area (Å²) in [6.07, 6.45) is -3.06. The van der Waals surface area contributed by atoms with Crippen LogP contribution in [0.25, 0.3) is 11.3 Å². The number of nitrogens with one attached hydrogen (secondary N) is 1. The van der Waals surface area contributed by atoms with E-state index in [4.69, 9.17) is 5.73 Å². The first kappa shape index (κ1) is 14.4. The molecule has 1 aromatic heterocycles. The molecule has 1 heterocycles. The summed E-state index contributed by atoms with van der Waals surface area (Å²) < 4.78 is 39.9. The standard InChI is InChI=1S/C13H14F3N3O/c1-8(6-17)12-18-7-11(19-12)9-2-4-10(5-3-9)20-13(14,15)16/h2-5,7-8H,6,17H2,1H3,(H,18,19). The van der Waals surface area contributed by atoms with Crippen molar-refractivity contribution in [3.8, 4) is 17.0 Å². The Labute approximate surface area is 113 Å². The molecule has 7 heteroatoms. The molecule has 1 unspecified atom stereocenters. The van der Waals surface area contributed by atoms with E-state index in [0.717, 1.165) is 17.1 Å². The average Bonchev–Trinajstić information content (AvgIpc) is 2.86. The van der Waals surface area contributed by atoms with E-state index in [1.54, 1.807) is 6.20 Å². The first-order chi connectivity index (χ1) is 9.39. The summed E-state index contributed by atoms with van der Waals surface area (Å²) in [6.45, 7) is 2.40. The van der Waals surface area contributed by atoms with Gasteiger partial charge in [0.1, 0.15) is 11.6 Å². The Morgan fingerprint density at radius 2 is 1.95 bits per heavy atom. The summed E-state index contributed by atoms with van der Waals surface area (Å²) in [5, 5.41) is 0. The average molecular weight is 285 g/mol. The summed E-state index contributed by atoms with van der Waals surface area (Å²) in [5.74, 6) is 0.589. The molecule has 0 amide bonds. The number of rotatable bonds is 4. The normalized spacial score (nSPS) is 13.2. The highest BCUT2D eigenvalue weighted by molar-refractivity contribution is 5.59. The van der Waals surface area contributed by atoms with E-state index in [9.17, 15) is 13.2 Å². The fourth-order valence-electron chi connectivity index (χ4n) is 1.68. The van der Waals surface area contributed by atoms with Gasteiger partial charge < -0.3 is 15.5 Å². The molecule has 1 atom stereocenters. The van der Waals surface area contributed by atoms with Gasteiger partial charge in [0.2, 0.25) is 0 Å². The fourth-order valence-corrected chi connectivity index (χ4v) is 1.68. The van der Waals surface area contributed by atoms with Crippen LogP contribution in [0.1, 0.15) is 18.7 Å². The maximum atomic E-state index is 12.0. The molecule has 108 valence electrons. The van der Waals surface area contributed by atoms with Gasteiger partial charge in [0.15, 0.2) is 0 Å². The minimum atomic E-state index is -4.68. The second-order valence-corrected chi connectivity index (χ2v) is 4.39. The number of aromatic nitrogens is 2. The van der Waals surface area contributed by atoms with Gasteiger partial charge in [-0.1, -0.05) is 6.92 Å². The molecule has 0 aliphatic heterocycles. The van der Waals surface area contributed by atoms with Crippen molar-refractivity contribution < 1.29 is 17.9 Å². The summed E-state index contributed by atoms with van der Waals surface area (Å²) in [6, 6.07) is 5.59. The lowest BCUT2D eigenvalue weighted by atomic mass is 10.1. The summed E-state index contributed by atoms with van der Waals surface area (Å²) in [5.41, 5.74) is 6.99. The smallest absolute Gasteiger partial charge is 0.406 e. The molecule has 0 radical (unpaired) electrons. The maximum absolute atomic E-state index is 12.0. The monoisotopic (exact) mass is 285 g/mol. The van der Waals surface area contributed by atoms with Crippen molar-refractivity contribution in [1.82, 2.24) is 9.97 Å². The summed E-state index contributed by atoms with van der Waals surface area (Å²) in [7, 11) is 0. The zero-order valence-corrected chi connectivity index (χ0v) is 10.7. The summed E-state index contributed by atoms with van der Waals surface area (Å²) >= 11 is 0. The van der Waals surface area contributed by atoms with E-state index in [2.05, 4.69) is 14.7 Å². The second kappa shape index (κ2) is 5.54. The van der Waals surface area contributed by atoms with Gasteiger partial charge in [-0.05, 0) is 29.8 Å². The number of nitrogens with zero attached hydrogens (tertiary/aromatic N) is 1. The molecule has 1 aromatic carbocycles. The van der Waals surface area contributed by atoms with Crippen molar-refractivity contribution in [1.29, 1.82) is 0 Å². The highest BCUT2D eigenvalue weighted by atomic mass is 19.4. The number of ether oxygens (including phenoxy) is 1. The third-order valence-corrected chi connectivity index (χ3v) is 2.81. The zero-order valence-electron chi connectivity index (χ0n) is 10.7. The van der Waals surface area contributed by atoms with Crippen LogP contribution in [-0.2, 0) is 0 Å². The lowest BCUT2D eigenvalue weighted by Crippen LogP contribution is -2.16. The molecule has 0 saturated heterocycles. The van der Waals surface area contributed by atoms with Gasteiger partial charge >= 0.3 is 6.36 Å². The largest absolute Gasteiger partial charge is 0.573 e. The van der Waals surface area contributed by atoms with Gasteiger partial charge in [0, 0.05) is 12.5 Å². The molecular formula is C13H14F3N3O. The van der Waals surface area contributed by atoms with E-state index >= 15 is 0 Å². The van der Waals surface area contributed by atoms with Gasteiger partial charge in [0.25, 0.3) is 0 Å². The predicted octanol–water partition coefficient (Wildman–Crippen LogP) is 3.04. The number of imidazole rings is 1. The minimum Gasteiger partial charge on any atom is -0.406 e. The molecule has 2 rings (SSSR count). The number of nitrogens with two attached hydrogens (primary N) is 1. The molecule has 0 fully saturated rings. The third-order valence-electron chi connectivity index (χ3n) is 2.81. The Bertz CT molecular complexity index is 563. The molecule has 0 aliphatic rings. The van der Waals surface area contributed by atoms with Gasteiger partial charge in [0.05, 0.1) is 11.9 Å². The van der Waals surface area contributed by atoms with Crippen LogP contribution in [0.4, 0.5) is 13.2 Å². The maximum Gasteiger partial charge on any atom is 0.573 e. The lowest BCUT2D eigenvalue weighted by molar-refractivity contribution is -0.274. The van der Waals surface area contributed by atoms with Crippen molar-refractivity contribution in [2.75, 3.05) is 6.54 Å². The predicted molar refractivity (Wildman–Crippen MR) is 68.2 cm³/mol. The van der Waals surface area contributed by atoms with E-state index in [1.165, 1.54) is 24.3 Å². The number of hydrogen-bond donors (Lipinski definition) is 2. The van der Waals surface area contributed by atoms with Crippen molar-refractivity contribution in [3.05, 3.63) is 36.3 Å². The first-order valence-corrected chi connectivity index (χ1v) is 6.00. The molecule has 4 nitrogen and oxygen atoms in total. The highest BCUT2D eigenvalue weighted by Crippen LogP contribution is 2.26. The third kappa shape index (κ3) is 3.51. The molecule has 0 aliphatic carbocycles. The number of alkyl halides is 3. The first-order valence-electron chi connectivity index (χ1n) is 6.00. The van der Waals surface area contributed by atoms with Gasteiger partial charge in [-0.15, -0.1) is 13.2 Å².